The van der Waals surface area contributed by atoms with Crippen molar-refractivity contribution in [2.75, 3.05) is 11.4 Å². The standard InChI is InChI=1S/C45H62N4O6/c1-6-8-25-38(44(53)48-39(27-33-18-11-9-12-19-33)41(50)28-35(7-2)43(52)46-29-31(3)4)47-42(51)32(5)49(45(54)55-30-34-20-13-10-14-21-34)40-26-17-23-36-22-15-16-24-37(36)40/h10,13-17,20-24,26,28,31-33,38-39,41,50H,6-9,11-12,18-19,25,27,29-30H2,1-5H3,(H,46,52)(H,47,51)(H,48,53)/b35-28+/t32-,38-,39-,41-/m0/s1. The zero-order chi connectivity index (χ0) is 39.7. The van der Waals surface area contributed by atoms with Crippen LogP contribution in [0.5, 0.6) is 0 Å². The number of carbonyl (C=O) groups is 4. The normalized spacial score (nSPS) is 15.8. The largest absolute Gasteiger partial charge is 0.444 e. The Morgan fingerprint density at radius 3 is 2.25 bits per heavy atom. The third-order valence-electron chi connectivity index (χ3n) is 10.4. The summed E-state index contributed by atoms with van der Waals surface area (Å²) in [7, 11) is 0. The minimum Gasteiger partial charge on any atom is -0.444 e. The summed E-state index contributed by atoms with van der Waals surface area (Å²) in [6.07, 6.45) is 8.00. The highest BCUT2D eigenvalue weighted by Crippen LogP contribution is 2.30. The van der Waals surface area contributed by atoms with Crippen molar-refractivity contribution < 1.29 is 29.0 Å². The fourth-order valence-electron chi connectivity index (χ4n) is 7.19. The molecule has 0 aromatic heterocycles. The monoisotopic (exact) mass is 754 g/mol. The second kappa shape index (κ2) is 22.0. The van der Waals surface area contributed by atoms with Crippen molar-refractivity contribution in [2.24, 2.45) is 11.8 Å². The summed E-state index contributed by atoms with van der Waals surface area (Å²) in [5.74, 6) is -0.546. The number of fused-ring (bicyclic) bond motifs is 1. The van der Waals surface area contributed by atoms with Gasteiger partial charge < -0.3 is 25.8 Å². The first-order valence-corrected chi connectivity index (χ1v) is 20.3. The maximum absolute atomic E-state index is 14.2. The predicted octanol–water partition coefficient (Wildman–Crippen LogP) is 7.97. The number of hydrogen-bond donors (Lipinski definition) is 4. The second-order valence-electron chi connectivity index (χ2n) is 15.3. The summed E-state index contributed by atoms with van der Waals surface area (Å²) in [5, 5.41) is 22.3. The molecule has 0 radical (unpaired) electrons. The Morgan fingerprint density at radius 1 is 0.873 bits per heavy atom. The average molecular weight is 755 g/mol. The van der Waals surface area contributed by atoms with Gasteiger partial charge in [-0.2, -0.15) is 0 Å². The molecule has 4 N–H and O–H groups in total. The zero-order valence-corrected chi connectivity index (χ0v) is 33.4. The number of ether oxygens (including phenoxy) is 1. The number of aliphatic hydroxyl groups excluding tert-OH is 1. The smallest absolute Gasteiger partial charge is 0.415 e. The molecule has 0 saturated heterocycles. The number of nitrogens with one attached hydrogen (secondary N) is 3. The maximum Gasteiger partial charge on any atom is 0.415 e. The van der Waals surface area contributed by atoms with Gasteiger partial charge in [-0.05, 0) is 61.1 Å². The first kappa shape index (κ1) is 43.0. The van der Waals surface area contributed by atoms with Gasteiger partial charge in [0, 0.05) is 17.5 Å². The van der Waals surface area contributed by atoms with Crippen LogP contribution in [0.15, 0.2) is 84.4 Å². The molecule has 0 spiro atoms. The molecule has 4 amide bonds. The Kier molecular flexibility index (Phi) is 17.2. The van der Waals surface area contributed by atoms with Crippen LogP contribution < -0.4 is 20.9 Å². The molecule has 1 saturated carbocycles. The Bertz CT molecular complexity index is 1720. The summed E-state index contributed by atoms with van der Waals surface area (Å²) in [5.41, 5.74) is 1.79. The van der Waals surface area contributed by atoms with Gasteiger partial charge in [0.1, 0.15) is 18.7 Å². The summed E-state index contributed by atoms with van der Waals surface area (Å²) in [6, 6.07) is 19.9. The van der Waals surface area contributed by atoms with Gasteiger partial charge in [0.2, 0.25) is 17.7 Å². The van der Waals surface area contributed by atoms with E-state index in [1.165, 1.54) is 11.3 Å². The first-order valence-electron chi connectivity index (χ1n) is 20.3. The van der Waals surface area contributed by atoms with Crippen molar-refractivity contribution in [3.8, 4) is 0 Å². The van der Waals surface area contributed by atoms with Crippen LogP contribution in [-0.2, 0) is 25.7 Å². The molecule has 0 aliphatic heterocycles. The molecule has 10 heteroatoms. The number of amides is 4. The van der Waals surface area contributed by atoms with E-state index in [-0.39, 0.29) is 18.4 Å². The predicted molar refractivity (Wildman–Crippen MR) is 219 cm³/mol. The quantitative estimate of drug-likeness (QED) is 0.0917. The van der Waals surface area contributed by atoms with Crippen molar-refractivity contribution in [3.05, 3.63) is 90.0 Å². The molecule has 3 aromatic rings. The van der Waals surface area contributed by atoms with Gasteiger partial charge in [-0.3, -0.25) is 19.3 Å². The third kappa shape index (κ3) is 12.9. The van der Waals surface area contributed by atoms with Crippen LogP contribution in [0.2, 0.25) is 0 Å². The Balaban J connectivity index is 1.59. The molecule has 4 rings (SSSR count). The van der Waals surface area contributed by atoms with Crippen LogP contribution >= 0.6 is 0 Å². The van der Waals surface area contributed by atoms with Crippen molar-refractivity contribution in [3.63, 3.8) is 0 Å². The minimum absolute atomic E-state index is 0.0229. The number of aliphatic hydroxyl groups is 1. The maximum atomic E-state index is 14.2. The van der Waals surface area contributed by atoms with Crippen LogP contribution in [0.1, 0.15) is 104 Å². The minimum atomic E-state index is -1.10. The van der Waals surface area contributed by atoms with Crippen molar-refractivity contribution in [1.82, 2.24) is 16.0 Å². The lowest BCUT2D eigenvalue weighted by Gasteiger charge is -2.32. The van der Waals surface area contributed by atoms with E-state index in [1.54, 1.807) is 19.1 Å². The van der Waals surface area contributed by atoms with Crippen LogP contribution in [0.25, 0.3) is 10.8 Å². The lowest BCUT2D eigenvalue weighted by Crippen LogP contribution is -2.56. The average Bonchev–Trinajstić information content (AvgIpc) is 3.20. The molecule has 4 atom stereocenters. The Hall–Kier alpha value is -4.70. The molecule has 1 fully saturated rings. The number of benzene rings is 3. The van der Waals surface area contributed by atoms with E-state index >= 15 is 0 Å². The van der Waals surface area contributed by atoms with Crippen molar-refractivity contribution >= 4 is 40.3 Å². The highest BCUT2D eigenvalue weighted by Gasteiger charge is 2.34. The molecule has 298 valence electrons. The third-order valence-corrected chi connectivity index (χ3v) is 10.4. The molecule has 55 heavy (non-hydrogen) atoms. The number of nitrogens with zero attached hydrogens (tertiary/aromatic N) is 1. The first-order chi connectivity index (χ1) is 26.5. The summed E-state index contributed by atoms with van der Waals surface area (Å²) >= 11 is 0. The van der Waals surface area contributed by atoms with Gasteiger partial charge in [-0.15, -0.1) is 0 Å². The lowest BCUT2D eigenvalue weighted by molar-refractivity contribution is -0.130. The van der Waals surface area contributed by atoms with Crippen LogP contribution in [-0.4, -0.2) is 59.7 Å². The molecular formula is C45H62N4O6. The molecule has 0 unspecified atom stereocenters. The van der Waals surface area contributed by atoms with Gasteiger partial charge >= 0.3 is 6.09 Å². The summed E-state index contributed by atoms with van der Waals surface area (Å²) in [6.45, 7) is 10.1. The Morgan fingerprint density at radius 2 is 1.56 bits per heavy atom. The summed E-state index contributed by atoms with van der Waals surface area (Å²) in [4.78, 5) is 56.7. The zero-order valence-electron chi connectivity index (χ0n) is 33.4. The van der Waals surface area contributed by atoms with E-state index in [1.807, 2.05) is 94.4 Å². The van der Waals surface area contributed by atoms with E-state index in [4.69, 9.17) is 4.74 Å². The fourth-order valence-corrected chi connectivity index (χ4v) is 7.19. The fraction of sp³-hybridized carbons (Fsp3) is 0.511. The summed E-state index contributed by atoms with van der Waals surface area (Å²) < 4.78 is 5.78. The van der Waals surface area contributed by atoms with Gasteiger partial charge in [0.15, 0.2) is 0 Å². The van der Waals surface area contributed by atoms with E-state index < -0.39 is 42.1 Å². The van der Waals surface area contributed by atoms with E-state index in [0.717, 1.165) is 48.4 Å². The van der Waals surface area contributed by atoms with Gasteiger partial charge in [-0.1, -0.05) is 139 Å². The molecule has 10 nitrogen and oxygen atoms in total. The van der Waals surface area contributed by atoms with Crippen LogP contribution in [0, 0.1) is 11.8 Å². The number of anilines is 1. The molecule has 1 aliphatic carbocycles. The van der Waals surface area contributed by atoms with Gasteiger partial charge in [0.25, 0.3) is 0 Å². The number of hydrogen-bond acceptors (Lipinski definition) is 6. The van der Waals surface area contributed by atoms with Crippen LogP contribution in [0.3, 0.4) is 0 Å². The van der Waals surface area contributed by atoms with Gasteiger partial charge in [-0.25, -0.2) is 4.79 Å². The topological polar surface area (TPSA) is 137 Å². The Labute approximate surface area is 327 Å². The second-order valence-corrected chi connectivity index (χ2v) is 15.3. The lowest BCUT2D eigenvalue weighted by atomic mass is 9.83. The number of carbonyl (C=O) groups excluding carboxylic acids is 4. The van der Waals surface area contributed by atoms with E-state index in [2.05, 4.69) is 16.0 Å². The highest BCUT2D eigenvalue weighted by atomic mass is 16.6. The molecule has 3 aromatic carbocycles. The molecular weight excluding hydrogens is 693 g/mol. The number of rotatable bonds is 19. The van der Waals surface area contributed by atoms with Crippen molar-refractivity contribution in [1.29, 1.82) is 0 Å². The van der Waals surface area contributed by atoms with Crippen LogP contribution in [0.4, 0.5) is 10.5 Å². The SMILES string of the molecule is CCCC[C@H](NC(=O)[C@H](C)N(C(=O)OCc1ccccc1)c1cccc2ccccc12)C(=O)N[C@@H](CC1CCCCC1)[C@@H](O)/C=C(\CC)C(=O)NCC(C)C. The molecule has 1 aliphatic rings. The highest BCUT2D eigenvalue weighted by molar-refractivity contribution is 6.06. The van der Waals surface area contributed by atoms with Crippen molar-refractivity contribution in [2.45, 2.75) is 130 Å². The molecule has 0 bridgehead atoms. The van der Waals surface area contributed by atoms with E-state index in [0.29, 0.717) is 49.4 Å². The number of unbranched alkanes of at least 4 members (excludes halogenated alkanes) is 1. The molecule has 0 heterocycles. The van der Waals surface area contributed by atoms with Gasteiger partial charge in [0.05, 0.1) is 17.8 Å². The van der Waals surface area contributed by atoms with E-state index in [9.17, 15) is 24.3 Å².